The van der Waals surface area contributed by atoms with Crippen molar-refractivity contribution in [2.45, 2.75) is 32.0 Å². The minimum Gasteiger partial charge on any atom is -0.370 e. The monoisotopic (exact) mass is 282 g/mol. The van der Waals surface area contributed by atoms with Gasteiger partial charge in [0.1, 0.15) is 0 Å². The normalized spacial score (nSPS) is 22.1. The second-order valence-electron chi connectivity index (χ2n) is 5.08. The van der Waals surface area contributed by atoms with Crippen LogP contribution in [-0.4, -0.2) is 37.1 Å². The first kappa shape index (κ1) is 13.2. The van der Waals surface area contributed by atoms with Gasteiger partial charge in [-0.25, -0.2) is 0 Å². The van der Waals surface area contributed by atoms with Crippen LogP contribution in [0.25, 0.3) is 0 Å². The molecule has 2 fully saturated rings. The van der Waals surface area contributed by atoms with E-state index in [1.54, 1.807) is 6.20 Å². The molecule has 19 heavy (non-hydrogen) atoms. The van der Waals surface area contributed by atoms with Crippen LogP contribution in [0.1, 0.15) is 25.5 Å². The van der Waals surface area contributed by atoms with E-state index in [2.05, 4.69) is 22.9 Å². The van der Waals surface area contributed by atoms with Crippen LogP contribution < -0.4 is 4.90 Å². The van der Waals surface area contributed by atoms with Gasteiger partial charge in [-0.3, -0.25) is 4.98 Å². The summed E-state index contributed by atoms with van der Waals surface area (Å²) in [5.74, 6) is -0.330. The summed E-state index contributed by atoms with van der Waals surface area (Å²) in [6, 6.07) is 2.09. The summed E-state index contributed by atoms with van der Waals surface area (Å²) in [7, 11) is 0. The average Bonchev–Trinajstić information content (AvgIpc) is 2.89. The fourth-order valence-electron chi connectivity index (χ4n) is 2.78. The summed E-state index contributed by atoms with van der Waals surface area (Å²) in [4.78, 5) is 6.62. The Morgan fingerprint density at radius 2 is 2.00 bits per heavy atom. The van der Waals surface area contributed by atoms with E-state index in [1.807, 2.05) is 0 Å². The number of aryl methyl sites for hydroxylation is 1. The molecule has 2 saturated heterocycles. The Morgan fingerprint density at radius 3 is 2.63 bits per heavy atom. The maximum Gasteiger partial charge on any atom is 0.171 e. The van der Waals surface area contributed by atoms with Gasteiger partial charge in [0.2, 0.25) is 0 Å². The first-order valence-corrected chi connectivity index (χ1v) is 7.27. The van der Waals surface area contributed by atoms with Gasteiger partial charge in [0.15, 0.2) is 5.79 Å². The second-order valence-corrected chi connectivity index (χ2v) is 5.48. The van der Waals surface area contributed by atoms with Gasteiger partial charge >= 0.3 is 0 Å². The van der Waals surface area contributed by atoms with Gasteiger partial charge < -0.3 is 14.4 Å². The molecule has 0 atom stereocenters. The van der Waals surface area contributed by atoms with E-state index in [-0.39, 0.29) is 5.79 Å². The molecule has 5 heteroatoms. The van der Waals surface area contributed by atoms with Gasteiger partial charge in [-0.05, 0) is 12.5 Å². The largest absolute Gasteiger partial charge is 0.370 e. The highest BCUT2D eigenvalue weighted by Crippen LogP contribution is 2.35. The molecule has 1 spiro atoms. The van der Waals surface area contributed by atoms with E-state index in [1.165, 1.54) is 0 Å². The molecule has 3 heterocycles. The molecule has 0 saturated carbocycles. The fraction of sp³-hybridized carbons (Fsp3) is 0.643. The zero-order valence-electron chi connectivity index (χ0n) is 11.2. The van der Waals surface area contributed by atoms with Gasteiger partial charge in [0.05, 0.1) is 23.9 Å². The molecule has 1 aromatic rings. The summed E-state index contributed by atoms with van der Waals surface area (Å²) in [6.07, 6.45) is 4.47. The summed E-state index contributed by atoms with van der Waals surface area (Å²) in [6.45, 7) is 5.36. The lowest BCUT2D eigenvalue weighted by molar-refractivity contribution is -0.169. The van der Waals surface area contributed by atoms with Crippen molar-refractivity contribution in [1.29, 1.82) is 0 Å². The van der Waals surface area contributed by atoms with Crippen molar-refractivity contribution in [2.24, 2.45) is 0 Å². The minimum absolute atomic E-state index is 0.330. The van der Waals surface area contributed by atoms with Crippen molar-refractivity contribution in [3.63, 3.8) is 0 Å². The first-order valence-electron chi connectivity index (χ1n) is 6.90. The minimum atomic E-state index is -0.330. The molecule has 0 radical (unpaired) electrons. The number of nitrogens with zero attached hydrogens (tertiary/aromatic N) is 2. The number of halogens is 1. The highest BCUT2D eigenvalue weighted by atomic mass is 35.5. The Morgan fingerprint density at radius 1 is 1.32 bits per heavy atom. The molecule has 1 aromatic heterocycles. The van der Waals surface area contributed by atoms with Crippen LogP contribution in [0.4, 0.5) is 5.69 Å². The molecule has 0 unspecified atom stereocenters. The Bertz CT molecular complexity index is 451. The van der Waals surface area contributed by atoms with Crippen molar-refractivity contribution in [3.8, 4) is 0 Å². The third kappa shape index (κ3) is 2.57. The van der Waals surface area contributed by atoms with E-state index in [4.69, 9.17) is 21.1 Å². The van der Waals surface area contributed by atoms with E-state index in [0.29, 0.717) is 0 Å². The third-order valence-electron chi connectivity index (χ3n) is 3.93. The molecule has 104 valence electrons. The predicted octanol–water partition coefficient (Wildman–Crippen LogP) is 2.64. The lowest BCUT2D eigenvalue weighted by Gasteiger charge is -2.39. The van der Waals surface area contributed by atoms with Crippen molar-refractivity contribution in [3.05, 3.63) is 23.0 Å². The maximum absolute atomic E-state index is 6.27. The molecule has 0 bridgehead atoms. The Hall–Kier alpha value is -0.840. The fourth-order valence-corrected chi connectivity index (χ4v) is 3.00. The van der Waals surface area contributed by atoms with Gasteiger partial charge in [-0.2, -0.15) is 0 Å². The van der Waals surface area contributed by atoms with E-state index in [9.17, 15) is 0 Å². The Balaban J connectivity index is 1.74. The van der Waals surface area contributed by atoms with Crippen LogP contribution in [0.3, 0.4) is 0 Å². The van der Waals surface area contributed by atoms with Gasteiger partial charge in [-0.1, -0.05) is 18.5 Å². The van der Waals surface area contributed by atoms with Crippen molar-refractivity contribution < 1.29 is 9.47 Å². The van der Waals surface area contributed by atoms with Crippen LogP contribution in [0.2, 0.25) is 5.02 Å². The Kier molecular flexibility index (Phi) is 3.65. The van der Waals surface area contributed by atoms with Crippen molar-refractivity contribution in [2.75, 3.05) is 31.2 Å². The highest BCUT2D eigenvalue weighted by Gasteiger charge is 2.40. The second kappa shape index (κ2) is 5.27. The molecule has 3 rings (SSSR count). The summed E-state index contributed by atoms with van der Waals surface area (Å²) >= 11 is 6.27. The molecule has 0 N–H and O–H groups in total. The third-order valence-corrected chi connectivity index (χ3v) is 4.22. The zero-order valence-corrected chi connectivity index (χ0v) is 11.9. The van der Waals surface area contributed by atoms with Crippen molar-refractivity contribution in [1.82, 2.24) is 4.98 Å². The van der Waals surface area contributed by atoms with Crippen LogP contribution in [0.5, 0.6) is 0 Å². The number of anilines is 1. The summed E-state index contributed by atoms with van der Waals surface area (Å²) in [5, 5.41) is 0.724. The van der Waals surface area contributed by atoms with Gasteiger partial charge in [0.25, 0.3) is 0 Å². The molecule has 2 aliphatic rings. The number of pyridine rings is 1. The number of hydrogen-bond donors (Lipinski definition) is 0. The maximum atomic E-state index is 6.27. The number of ether oxygens (including phenoxy) is 2. The first-order chi connectivity index (χ1) is 9.22. The molecule has 0 amide bonds. The van der Waals surface area contributed by atoms with Crippen LogP contribution in [0.15, 0.2) is 12.3 Å². The van der Waals surface area contributed by atoms with E-state index in [0.717, 1.165) is 62.0 Å². The van der Waals surface area contributed by atoms with E-state index < -0.39 is 0 Å². The predicted molar refractivity (Wildman–Crippen MR) is 74.7 cm³/mol. The summed E-state index contributed by atoms with van der Waals surface area (Å²) < 4.78 is 11.5. The number of rotatable bonds is 2. The lowest BCUT2D eigenvalue weighted by atomic mass is 10.0. The number of aromatic nitrogens is 1. The Labute approximate surface area is 118 Å². The number of piperidine rings is 1. The zero-order chi connectivity index (χ0) is 13.3. The van der Waals surface area contributed by atoms with Crippen LogP contribution in [-0.2, 0) is 15.9 Å². The van der Waals surface area contributed by atoms with E-state index >= 15 is 0 Å². The molecule has 0 aromatic carbocycles. The average molecular weight is 283 g/mol. The van der Waals surface area contributed by atoms with Crippen LogP contribution in [0, 0.1) is 0 Å². The topological polar surface area (TPSA) is 34.6 Å². The van der Waals surface area contributed by atoms with Gasteiger partial charge in [-0.15, -0.1) is 0 Å². The molecule has 2 aliphatic heterocycles. The van der Waals surface area contributed by atoms with Crippen LogP contribution >= 0.6 is 11.6 Å². The molecular formula is C14H19ClN2O2. The van der Waals surface area contributed by atoms with Gasteiger partial charge in [0, 0.05) is 37.8 Å². The lowest BCUT2D eigenvalue weighted by Crippen LogP contribution is -2.45. The highest BCUT2D eigenvalue weighted by molar-refractivity contribution is 6.33. The number of hydrogen-bond acceptors (Lipinski definition) is 4. The SMILES string of the molecule is CCc1cc(N2CCC3(CC2)OCCO3)c(Cl)cn1. The quantitative estimate of drug-likeness (QED) is 0.835. The molecular weight excluding hydrogens is 264 g/mol. The summed E-state index contributed by atoms with van der Waals surface area (Å²) in [5.41, 5.74) is 2.16. The molecule has 4 nitrogen and oxygen atoms in total. The standard InChI is InChI=1S/C14H19ClN2O2/c1-2-11-9-13(12(15)10-16-11)17-5-3-14(4-6-17)18-7-8-19-14/h9-10H,2-8H2,1H3. The smallest absolute Gasteiger partial charge is 0.171 e. The van der Waals surface area contributed by atoms with Crippen molar-refractivity contribution >= 4 is 17.3 Å². The molecule has 0 aliphatic carbocycles.